The molecule has 0 aliphatic rings. The first-order valence-electron chi connectivity index (χ1n) is 7.74. The number of rotatable bonds is 10. The van der Waals surface area contributed by atoms with Crippen LogP contribution in [0.25, 0.3) is 0 Å². The summed E-state index contributed by atoms with van der Waals surface area (Å²) in [5, 5.41) is 18.8. The highest BCUT2D eigenvalue weighted by Gasteiger charge is 2.13. The molecule has 1 aromatic rings. The number of aliphatic hydroxyl groups is 2. The third kappa shape index (κ3) is 5.21. The molecule has 0 fully saturated rings. The van der Waals surface area contributed by atoms with Gasteiger partial charge in [-0.15, -0.1) is 0 Å². The molecule has 1 rings (SSSR count). The van der Waals surface area contributed by atoms with Gasteiger partial charge in [0.05, 0.1) is 26.9 Å². The number of unbranched alkanes of at least 4 members (excludes halogenated alkanes) is 1. The van der Waals surface area contributed by atoms with Crippen LogP contribution in [0.15, 0.2) is 12.1 Å². The lowest BCUT2D eigenvalue weighted by atomic mass is 10.0. The molecule has 4 nitrogen and oxygen atoms in total. The Balaban J connectivity index is 2.81. The first-order chi connectivity index (χ1) is 10.2. The maximum Gasteiger partial charge on any atom is 0.125 e. The number of methoxy groups -OCH3 is 1. The van der Waals surface area contributed by atoms with E-state index in [9.17, 15) is 10.2 Å². The third-order valence-electron chi connectivity index (χ3n) is 3.82. The fraction of sp³-hybridized carbons (Fsp3) is 0.647. The number of hydrogen-bond acceptors (Lipinski definition) is 4. The Bertz CT molecular complexity index is 417. The highest BCUT2D eigenvalue weighted by Crippen LogP contribution is 2.30. The normalized spacial score (nSPS) is 12.2. The maximum atomic E-state index is 9.47. The van der Waals surface area contributed by atoms with Crippen LogP contribution in [0.2, 0.25) is 0 Å². The van der Waals surface area contributed by atoms with Crippen molar-refractivity contribution in [3.05, 3.63) is 23.3 Å². The predicted octanol–water partition coefficient (Wildman–Crippen LogP) is 3.28. The Labute approximate surface area is 127 Å². The van der Waals surface area contributed by atoms with Crippen LogP contribution in [0.4, 0.5) is 0 Å². The van der Waals surface area contributed by atoms with Crippen LogP contribution in [0.5, 0.6) is 11.5 Å². The Morgan fingerprint density at radius 2 is 1.67 bits per heavy atom. The van der Waals surface area contributed by atoms with Gasteiger partial charge in [-0.1, -0.05) is 33.1 Å². The molecule has 0 radical (unpaired) electrons. The van der Waals surface area contributed by atoms with Gasteiger partial charge in [0.2, 0.25) is 0 Å². The molecule has 0 unspecified atom stereocenters. The lowest BCUT2D eigenvalue weighted by Crippen LogP contribution is -2.12. The van der Waals surface area contributed by atoms with E-state index in [4.69, 9.17) is 9.47 Å². The van der Waals surface area contributed by atoms with E-state index in [0.29, 0.717) is 35.2 Å². The number of benzene rings is 1. The molecule has 0 aromatic heterocycles. The molecule has 1 aromatic carbocycles. The van der Waals surface area contributed by atoms with Crippen molar-refractivity contribution in [2.75, 3.05) is 13.7 Å². The molecule has 2 N–H and O–H groups in total. The largest absolute Gasteiger partial charge is 0.496 e. The minimum Gasteiger partial charge on any atom is -0.496 e. The molecular weight excluding hydrogens is 268 g/mol. The minimum absolute atomic E-state index is 0.108. The minimum atomic E-state index is -0.113. The molecule has 120 valence electrons. The average molecular weight is 296 g/mol. The summed E-state index contributed by atoms with van der Waals surface area (Å²) in [7, 11) is 1.55. The molecular formula is C17H28O4. The molecule has 0 saturated heterocycles. The molecule has 0 saturated carbocycles. The second-order valence-corrected chi connectivity index (χ2v) is 5.32. The van der Waals surface area contributed by atoms with Crippen LogP contribution in [0, 0.1) is 5.92 Å². The standard InChI is InChI=1S/C17H28O4/c1-4-6-7-13(5-2)12-21-17-9-14(10-18)16(20-3)8-15(17)11-19/h8-9,13,18-19H,4-7,10-12H2,1-3H3/t13-/m0/s1. The van der Waals surface area contributed by atoms with Crippen LogP contribution in [-0.2, 0) is 13.2 Å². The molecule has 0 spiro atoms. The summed E-state index contributed by atoms with van der Waals surface area (Å²) in [6.07, 6.45) is 4.64. The van der Waals surface area contributed by atoms with Gasteiger partial charge in [-0.25, -0.2) is 0 Å². The Morgan fingerprint density at radius 1 is 1.05 bits per heavy atom. The zero-order valence-electron chi connectivity index (χ0n) is 13.4. The Hall–Kier alpha value is -1.26. The van der Waals surface area contributed by atoms with E-state index in [1.807, 2.05) is 0 Å². The van der Waals surface area contributed by atoms with Crippen molar-refractivity contribution < 1.29 is 19.7 Å². The van der Waals surface area contributed by atoms with Gasteiger partial charge in [0, 0.05) is 11.1 Å². The molecule has 0 amide bonds. The summed E-state index contributed by atoms with van der Waals surface area (Å²) in [5.74, 6) is 1.74. The highest BCUT2D eigenvalue weighted by atomic mass is 16.5. The van der Waals surface area contributed by atoms with Crippen LogP contribution < -0.4 is 9.47 Å². The average Bonchev–Trinajstić information content (AvgIpc) is 2.54. The Morgan fingerprint density at radius 3 is 2.19 bits per heavy atom. The fourth-order valence-electron chi connectivity index (χ4n) is 2.32. The van der Waals surface area contributed by atoms with Gasteiger partial charge >= 0.3 is 0 Å². The lowest BCUT2D eigenvalue weighted by molar-refractivity contribution is 0.219. The van der Waals surface area contributed by atoms with Gasteiger partial charge in [0.25, 0.3) is 0 Å². The first kappa shape index (κ1) is 17.8. The molecule has 4 heteroatoms. The summed E-state index contributed by atoms with van der Waals surface area (Å²) < 4.78 is 11.1. The van der Waals surface area contributed by atoms with E-state index < -0.39 is 0 Å². The summed E-state index contributed by atoms with van der Waals surface area (Å²) >= 11 is 0. The van der Waals surface area contributed by atoms with E-state index in [1.54, 1.807) is 19.2 Å². The van der Waals surface area contributed by atoms with Crippen molar-refractivity contribution >= 4 is 0 Å². The monoisotopic (exact) mass is 296 g/mol. The number of hydrogen-bond donors (Lipinski definition) is 2. The van der Waals surface area contributed by atoms with Crippen molar-refractivity contribution in [1.29, 1.82) is 0 Å². The van der Waals surface area contributed by atoms with Crippen LogP contribution in [0.3, 0.4) is 0 Å². The van der Waals surface area contributed by atoms with E-state index in [-0.39, 0.29) is 13.2 Å². The lowest BCUT2D eigenvalue weighted by Gasteiger charge is -2.18. The van der Waals surface area contributed by atoms with E-state index >= 15 is 0 Å². The van der Waals surface area contributed by atoms with Crippen molar-refractivity contribution in [3.63, 3.8) is 0 Å². The van der Waals surface area contributed by atoms with Gasteiger partial charge in [0.1, 0.15) is 11.5 Å². The van der Waals surface area contributed by atoms with Crippen LogP contribution >= 0.6 is 0 Å². The topological polar surface area (TPSA) is 58.9 Å². The summed E-state index contributed by atoms with van der Waals surface area (Å²) in [6, 6.07) is 3.49. The zero-order chi connectivity index (χ0) is 15.7. The second kappa shape index (κ2) is 9.64. The predicted molar refractivity (Wildman–Crippen MR) is 83.6 cm³/mol. The summed E-state index contributed by atoms with van der Waals surface area (Å²) in [6.45, 7) is 4.78. The highest BCUT2D eigenvalue weighted by molar-refractivity contribution is 5.46. The Kier molecular flexibility index (Phi) is 8.16. The molecule has 0 heterocycles. The first-order valence-corrected chi connectivity index (χ1v) is 7.74. The van der Waals surface area contributed by atoms with Gasteiger partial charge in [-0.3, -0.25) is 0 Å². The SMILES string of the molecule is CCCC[C@H](CC)COc1cc(CO)c(OC)cc1CO. The zero-order valence-corrected chi connectivity index (χ0v) is 13.4. The van der Waals surface area contributed by atoms with Gasteiger partial charge in [-0.05, 0) is 24.5 Å². The molecule has 0 aliphatic heterocycles. The summed E-state index contributed by atoms with van der Waals surface area (Å²) in [5.41, 5.74) is 1.36. The quantitative estimate of drug-likeness (QED) is 0.695. The molecule has 0 aliphatic carbocycles. The molecule has 21 heavy (non-hydrogen) atoms. The fourth-order valence-corrected chi connectivity index (χ4v) is 2.32. The maximum absolute atomic E-state index is 9.47. The van der Waals surface area contributed by atoms with Gasteiger partial charge in [-0.2, -0.15) is 0 Å². The third-order valence-corrected chi connectivity index (χ3v) is 3.82. The molecule has 0 bridgehead atoms. The van der Waals surface area contributed by atoms with E-state index in [1.165, 1.54) is 12.8 Å². The molecule has 1 atom stereocenters. The van der Waals surface area contributed by atoms with Crippen molar-refractivity contribution in [2.45, 2.75) is 52.7 Å². The number of aliphatic hydroxyl groups excluding tert-OH is 2. The van der Waals surface area contributed by atoms with Crippen LogP contribution in [0.1, 0.15) is 50.7 Å². The van der Waals surface area contributed by atoms with Gasteiger partial charge < -0.3 is 19.7 Å². The second-order valence-electron chi connectivity index (χ2n) is 5.32. The van der Waals surface area contributed by atoms with Crippen molar-refractivity contribution in [1.82, 2.24) is 0 Å². The number of ether oxygens (including phenoxy) is 2. The van der Waals surface area contributed by atoms with Crippen LogP contribution in [-0.4, -0.2) is 23.9 Å². The smallest absolute Gasteiger partial charge is 0.125 e. The van der Waals surface area contributed by atoms with E-state index in [0.717, 1.165) is 12.8 Å². The van der Waals surface area contributed by atoms with Crippen molar-refractivity contribution in [2.24, 2.45) is 5.92 Å². The van der Waals surface area contributed by atoms with Gasteiger partial charge in [0.15, 0.2) is 0 Å². The summed E-state index contributed by atoms with van der Waals surface area (Å²) in [4.78, 5) is 0. The van der Waals surface area contributed by atoms with E-state index in [2.05, 4.69) is 13.8 Å². The van der Waals surface area contributed by atoms with Crippen molar-refractivity contribution in [3.8, 4) is 11.5 Å².